The number of hydrogen-bond donors (Lipinski definition) is 0. The molecule has 0 nitrogen and oxygen atoms in total. The minimum absolute atomic E-state index is 0.945. The van der Waals surface area contributed by atoms with Gasteiger partial charge < -0.3 is 0 Å². The Hall–Kier alpha value is -2.52. The van der Waals surface area contributed by atoms with Gasteiger partial charge >= 0.3 is 0 Å². The van der Waals surface area contributed by atoms with Crippen LogP contribution in [0.4, 0.5) is 0 Å². The van der Waals surface area contributed by atoms with Gasteiger partial charge in [0.1, 0.15) is 0 Å². The maximum absolute atomic E-state index is 3.32. The molecule has 0 aromatic heterocycles. The SMILES string of the molecule is CC(C)=CCC/C(C)=C/Cc1ccccc1C#Cc1ccccc1. The van der Waals surface area contributed by atoms with E-state index in [2.05, 4.69) is 69.0 Å². The van der Waals surface area contributed by atoms with Crippen LogP contribution in [0.25, 0.3) is 0 Å². The lowest BCUT2D eigenvalue weighted by Gasteiger charge is -2.03. The predicted octanol–water partition coefficient (Wildman–Crippen LogP) is 6.32. The number of hydrogen-bond acceptors (Lipinski definition) is 0. The summed E-state index contributed by atoms with van der Waals surface area (Å²) >= 11 is 0. The van der Waals surface area contributed by atoms with Crippen LogP contribution in [0.15, 0.2) is 77.9 Å². The molecule has 2 aromatic rings. The molecule has 0 heterocycles. The Morgan fingerprint density at radius 3 is 2.29 bits per heavy atom. The zero-order chi connectivity index (χ0) is 17.2. The molecule has 0 radical (unpaired) electrons. The van der Waals surface area contributed by atoms with E-state index < -0.39 is 0 Å². The predicted molar refractivity (Wildman–Crippen MR) is 105 cm³/mol. The maximum atomic E-state index is 3.32. The third-order valence-corrected chi connectivity index (χ3v) is 3.89. The van der Waals surface area contributed by atoms with Gasteiger partial charge in [0.05, 0.1) is 0 Å². The summed E-state index contributed by atoms with van der Waals surface area (Å²) in [5.74, 6) is 6.58. The lowest BCUT2D eigenvalue weighted by Crippen LogP contribution is -1.89. The largest absolute Gasteiger partial charge is 0.0856 e. The highest BCUT2D eigenvalue weighted by Crippen LogP contribution is 2.13. The molecule has 122 valence electrons. The van der Waals surface area contributed by atoms with E-state index in [1.165, 1.54) is 16.7 Å². The van der Waals surface area contributed by atoms with Crippen LogP contribution >= 0.6 is 0 Å². The molecule has 0 spiro atoms. The van der Waals surface area contributed by atoms with Crippen molar-refractivity contribution >= 4 is 0 Å². The highest BCUT2D eigenvalue weighted by Gasteiger charge is 1.98. The topological polar surface area (TPSA) is 0 Å². The van der Waals surface area contributed by atoms with Crippen LogP contribution in [0.3, 0.4) is 0 Å². The standard InChI is InChI=1S/C24H26/c1-20(2)10-9-11-21(3)16-18-23-14-7-8-15-24(23)19-17-22-12-5-4-6-13-22/h4-8,10,12-16H,9,11,18H2,1-3H3/b21-16+. The van der Waals surface area contributed by atoms with Crippen LogP contribution in [0.2, 0.25) is 0 Å². The zero-order valence-electron chi connectivity index (χ0n) is 15.0. The molecule has 0 bridgehead atoms. The van der Waals surface area contributed by atoms with Gasteiger partial charge in [0, 0.05) is 11.1 Å². The average molecular weight is 314 g/mol. The van der Waals surface area contributed by atoms with Crippen molar-refractivity contribution in [1.29, 1.82) is 0 Å². The third-order valence-electron chi connectivity index (χ3n) is 3.89. The van der Waals surface area contributed by atoms with Crippen LogP contribution < -0.4 is 0 Å². The van der Waals surface area contributed by atoms with Crippen LogP contribution in [0, 0.1) is 11.8 Å². The summed E-state index contributed by atoms with van der Waals surface area (Å²) < 4.78 is 0. The van der Waals surface area contributed by atoms with Gasteiger partial charge in [-0.25, -0.2) is 0 Å². The van der Waals surface area contributed by atoms with E-state index in [-0.39, 0.29) is 0 Å². The second kappa shape index (κ2) is 9.58. The van der Waals surface area contributed by atoms with E-state index in [4.69, 9.17) is 0 Å². The Morgan fingerprint density at radius 2 is 1.54 bits per heavy atom. The Morgan fingerprint density at radius 1 is 0.833 bits per heavy atom. The summed E-state index contributed by atoms with van der Waals surface area (Å²) in [7, 11) is 0. The van der Waals surface area contributed by atoms with Gasteiger partial charge in [0.2, 0.25) is 0 Å². The van der Waals surface area contributed by atoms with Gasteiger partial charge in [-0.2, -0.15) is 0 Å². The summed E-state index contributed by atoms with van der Waals surface area (Å²) in [4.78, 5) is 0. The molecule has 0 heteroatoms. The molecule has 0 saturated carbocycles. The van der Waals surface area contributed by atoms with Gasteiger partial charge in [0.15, 0.2) is 0 Å². The maximum Gasteiger partial charge on any atom is 0.0284 e. The molecule has 0 atom stereocenters. The lowest BCUT2D eigenvalue weighted by molar-refractivity contribution is 0.955. The van der Waals surface area contributed by atoms with Crippen LogP contribution in [-0.2, 0) is 6.42 Å². The normalized spacial score (nSPS) is 10.7. The first-order valence-electron chi connectivity index (χ1n) is 8.59. The molecule has 0 aliphatic rings. The van der Waals surface area contributed by atoms with E-state index in [0.717, 1.165) is 30.4 Å². The first kappa shape index (κ1) is 17.8. The molecule has 2 rings (SSSR count). The zero-order valence-corrected chi connectivity index (χ0v) is 15.0. The highest BCUT2D eigenvalue weighted by atomic mass is 14.0. The Balaban J connectivity index is 2.06. The molecular weight excluding hydrogens is 288 g/mol. The monoisotopic (exact) mass is 314 g/mol. The summed E-state index contributed by atoms with van der Waals surface area (Å²) in [6.07, 6.45) is 7.84. The van der Waals surface area contributed by atoms with Gasteiger partial charge in [-0.3, -0.25) is 0 Å². The van der Waals surface area contributed by atoms with Crippen LogP contribution in [0.5, 0.6) is 0 Å². The first-order valence-corrected chi connectivity index (χ1v) is 8.59. The van der Waals surface area contributed by atoms with E-state index in [9.17, 15) is 0 Å². The smallest absolute Gasteiger partial charge is 0.0284 e. The van der Waals surface area contributed by atoms with E-state index >= 15 is 0 Å². The average Bonchev–Trinajstić information content (AvgIpc) is 2.59. The first-order chi connectivity index (χ1) is 11.6. The van der Waals surface area contributed by atoms with Crippen molar-refractivity contribution in [3.8, 4) is 11.8 Å². The lowest BCUT2D eigenvalue weighted by atomic mass is 10.0. The molecule has 0 aliphatic heterocycles. The second-order valence-electron chi connectivity index (χ2n) is 6.35. The number of benzene rings is 2. The van der Waals surface area contributed by atoms with Crippen molar-refractivity contribution in [3.05, 3.63) is 94.6 Å². The van der Waals surface area contributed by atoms with Gasteiger partial charge in [0.25, 0.3) is 0 Å². The molecular formula is C24H26. The fraction of sp³-hybridized carbons (Fsp3) is 0.250. The minimum atomic E-state index is 0.945. The Labute approximate surface area is 146 Å². The molecule has 0 fully saturated rings. The van der Waals surface area contributed by atoms with E-state index in [1.807, 2.05) is 30.3 Å². The van der Waals surface area contributed by atoms with Gasteiger partial charge in [-0.1, -0.05) is 71.5 Å². The van der Waals surface area contributed by atoms with Crippen molar-refractivity contribution in [1.82, 2.24) is 0 Å². The molecule has 0 N–H and O–H groups in total. The third kappa shape index (κ3) is 6.31. The quantitative estimate of drug-likeness (QED) is 0.447. The van der Waals surface area contributed by atoms with Crippen molar-refractivity contribution in [2.45, 2.75) is 40.0 Å². The molecule has 24 heavy (non-hydrogen) atoms. The van der Waals surface area contributed by atoms with Crippen LogP contribution in [-0.4, -0.2) is 0 Å². The van der Waals surface area contributed by atoms with Crippen molar-refractivity contribution in [3.63, 3.8) is 0 Å². The molecule has 0 aliphatic carbocycles. The fourth-order valence-electron chi connectivity index (χ4n) is 2.46. The molecule has 0 amide bonds. The second-order valence-corrected chi connectivity index (χ2v) is 6.35. The molecule has 2 aromatic carbocycles. The van der Waals surface area contributed by atoms with Gasteiger partial charge in [-0.15, -0.1) is 0 Å². The van der Waals surface area contributed by atoms with E-state index in [0.29, 0.717) is 0 Å². The van der Waals surface area contributed by atoms with Crippen molar-refractivity contribution < 1.29 is 0 Å². The fourth-order valence-corrected chi connectivity index (χ4v) is 2.46. The van der Waals surface area contributed by atoms with Crippen molar-refractivity contribution in [2.24, 2.45) is 0 Å². The van der Waals surface area contributed by atoms with E-state index in [1.54, 1.807) is 0 Å². The minimum Gasteiger partial charge on any atom is -0.0856 e. The highest BCUT2D eigenvalue weighted by molar-refractivity contribution is 5.47. The summed E-state index contributed by atoms with van der Waals surface area (Å²) in [6, 6.07) is 18.6. The number of allylic oxidation sites excluding steroid dienone is 4. The summed E-state index contributed by atoms with van der Waals surface area (Å²) in [5.41, 5.74) is 6.31. The van der Waals surface area contributed by atoms with Gasteiger partial charge in [-0.05, 0) is 63.8 Å². The van der Waals surface area contributed by atoms with Crippen molar-refractivity contribution in [2.75, 3.05) is 0 Å². The summed E-state index contributed by atoms with van der Waals surface area (Å²) in [5, 5.41) is 0. The van der Waals surface area contributed by atoms with Crippen LogP contribution in [0.1, 0.15) is 50.3 Å². The Kier molecular flexibility index (Phi) is 7.12. The Bertz CT molecular complexity index is 760. The molecule has 0 unspecified atom stereocenters. The number of rotatable bonds is 5. The summed E-state index contributed by atoms with van der Waals surface area (Å²) in [6.45, 7) is 6.53. The molecule has 0 saturated heterocycles.